The van der Waals surface area contributed by atoms with Gasteiger partial charge in [-0.3, -0.25) is 0 Å². The van der Waals surface area contributed by atoms with Gasteiger partial charge in [-0.05, 0) is 35.4 Å². The van der Waals surface area contributed by atoms with Crippen LogP contribution in [0, 0.1) is 0 Å². The lowest BCUT2D eigenvalue weighted by Gasteiger charge is -2.20. The number of hydrogen-bond acceptors (Lipinski definition) is 1. The Morgan fingerprint density at radius 3 is 1.46 bits per heavy atom. The van der Waals surface area contributed by atoms with Gasteiger partial charge in [0.15, 0.2) is 7.14 Å². The zero-order valence-corrected chi connectivity index (χ0v) is 22.2. The zero-order chi connectivity index (χ0) is 26.2. The molecule has 0 bridgehead atoms. The molecule has 0 saturated heterocycles. The van der Waals surface area contributed by atoms with Crippen LogP contribution in [-0.2, 0) is 4.57 Å². The van der Waals surface area contributed by atoms with Crippen LogP contribution >= 0.6 is 7.14 Å². The second-order valence-corrected chi connectivity index (χ2v) is 12.5. The van der Waals surface area contributed by atoms with Crippen LogP contribution in [-0.4, -0.2) is 4.57 Å². The molecule has 7 rings (SSSR count). The smallest absolute Gasteiger partial charge is 0.171 e. The molecular formula is C36H26NOP. The van der Waals surface area contributed by atoms with Crippen LogP contribution < -0.4 is 15.9 Å². The summed E-state index contributed by atoms with van der Waals surface area (Å²) in [6, 6.07) is 53.7. The van der Waals surface area contributed by atoms with Crippen LogP contribution in [0.5, 0.6) is 0 Å². The lowest BCUT2D eigenvalue weighted by Crippen LogP contribution is -2.24. The van der Waals surface area contributed by atoms with E-state index in [4.69, 9.17) is 0 Å². The van der Waals surface area contributed by atoms with E-state index < -0.39 is 7.14 Å². The molecule has 0 atom stereocenters. The molecule has 0 aliphatic carbocycles. The predicted molar refractivity (Wildman–Crippen MR) is 166 cm³/mol. The average molecular weight is 520 g/mol. The molecule has 39 heavy (non-hydrogen) atoms. The first-order valence-corrected chi connectivity index (χ1v) is 14.8. The van der Waals surface area contributed by atoms with E-state index >= 15 is 0 Å². The number of rotatable bonds is 5. The van der Waals surface area contributed by atoms with Crippen molar-refractivity contribution in [2.45, 2.75) is 0 Å². The number of nitrogens with zero attached hydrogens (tertiary/aromatic N) is 1. The van der Waals surface area contributed by atoms with Crippen LogP contribution in [0.2, 0.25) is 0 Å². The maximum absolute atomic E-state index is 14.7. The normalized spacial score (nSPS) is 11.7. The largest absolute Gasteiger partial charge is 0.309 e. The summed E-state index contributed by atoms with van der Waals surface area (Å²) in [5.74, 6) is 0. The molecule has 6 aromatic carbocycles. The number of hydrogen-bond donors (Lipinski definition) is 0. The molecule has 0 N–H and O–H groups in total. The highest BCUT2D eigenvalue weighted by molar-refractivity contribution is 7.85. The summed E-state index contributed by atoms with van der Waals surface area (Å²) >= 11 is 0. The van der Waals surface area contributed by atoms with Crippen molar-refractivity contribution in [3.05, 3.63) is 158 Å². The monoisotopic (exact) mass is 519 g/mol. The van der Waals surface area contributed by atoms with E-state index in [1.54, 1.807) is 0 Å². The van der Waals surface area contributed by atoms with Gasteiger partial charge in [0.2, 0.25) is 0 Å². The second kappa shape index (κ2) is 9.58. The number of aromatic nitrogens is 1. The van der Waals surface area contributed by atoms with Crippen molar-refractivity contribution in [2.24, 2.45) is 0 Å². The van der Waals surface area contributed by atoms with Crippen LogP contribution in [0.4, 0.5) is 0 Å². The second-order valence-electron chi connectivity index (χ2n) is 9.75. The Hall–Kier alpha value is -4.65. The summed E-state index contributed by atoms with van der Waals surface area (Å²) in [5, 5.41) is 5.03. The maximum Gasteiger partial charge on any atom is 0.171 e. The van der Waals surface area contributed by atoms with Gasteiger partial charge in [-0.2, -0.15) is 0 Å². The van der Waals surface area contributed by atoms with Gasteiger partial charge in [0, 0.05) is 32.4 Å². The minimum absolute atomic E-state index is 0.835. The Bertz CT molecular complexity index is 1880. The first kappa shape index (κ1) is 23.5. The Morgan fingerprint density at radius 1 is 0.410 bits per heavy atom. The summed E-state index contributed by atoms with van der Waals surface area (Å²) in [6.45, 7) is 0. The maximum atomic E-state index is 14.7. The van der Waals surface area contributed by atoms with Gasteiger partial charge in [0.05, 0.1) is 11.0 Å². The number of benzene rings is 6. The van der Waals surface area contributed by atoms with E-state index in [0.29, 0.717) is 0 Å². The first-order chi connectivity index (χ1) is 19.2. The third kappa shape index (κ3) is 3.93. The van der Waals surface area contributed by atoms with Gasteiger partial charge in [-0.15, -0.1) is 0 Å². The van der Waals surface area contributed by atoms with Gasteiger partial charge < -0.3 is 9.13 Å². The van der Waals surface area contributed by atoms with Crippen LogP contribution in [0.1, 0.15) is 0 Å². The van der Waals surface area contributed by atoms with E-state index in [1.807, 2.05) is 72.8 Å². The Morgan fingerprint density at radius 2 is 0.897 bits per heavy atom. The molecular weight excluding hydrogens is 493 g/mol. The van der Waals surface area contributed by atoms with Crippen LogP contribution in [0.25, 0.3) is 38.6 Å². The molecule has 7 aromatic rings. The molecule has 0 unspecified atom stereocenters. The minimum atomic E-state index is -3.00. The third-order valence-corrected chi connectivity index (χ3v) is 10.6. The van der Waals surface area contributed by atoms with E-state index in [-0.39, 0.29) is 0 Å². The van der Waals surface area contributed by atoms with Crippen molar-refractivity contribution in [1.29, 1.82) is 0 Å². The molecule has 0 spiro atoms. The van der Waals surface area contributed by atoms with Crippen molar-refractivity contribution in [2.75, 3.05) is 0 Å². The molecule has 0 radical (unpaired) electrons. The first-order valence-electron chi connectivity index (χ1n) is 13.1. The predicted octanol–water partition coefficient (Wildman–Crippen LogP) is 8.09. The van der Waals surface area contributed by atoms with E-state index in [9.17, 15) is 4.57 Å². The van der Waals surface area contributed by atoms with E-state index in [0.717, 1.165) is 32.7 Å². The summed E-state index contributed by atoms with van der Waals surface area (Å²) in [6.07, 6.45) is 0. The molecule has 0 aliphatic heterocycles. The van der Waals surface area contributed by atoms with Gasteiger partial charge in [-0.1, -0.05) is 133 Å². The highest BCUT2D eigenvalue weighted by atomic mass is 31.2. The third-order valence-electron chi connectivity index (χ3n) is 7.49. The number of para-hydroxylation sites is 2. The summed E-state index contributed by atoms with van der Waals surface area (Å²) in [5.41, 5.74) is 5.72. The fourth-order valence-electron chi connectivity index (χ4n) is 5.61. The lowest BCUT2D eigenvalue weighted by molar-refractivity contribution is 0.592. The van der Waals surface area contributed by atoms with Gasteiger partial charge >= 0.3 is 0 Å². The summed E-state index contributed by atoms with van der Waals surface area (Å²) in [7, 11) is -3.00. The molecule has 0 fully saturated rings. The molecule has 0 aliphatic rings. The quantitative estimate of drug-likeness (QED) is 0.211. The highest BCUT2D eigenvalue weighted by Crippen LogP contribution is 2.42. The summed E-state index contributed by atoms with van der Waals surface area (Å²) in [4.78, 5) is 0. The average Bonchev–Trinajstić information content (AvgIpc) is 3.36. The van der Waals surface area contributed by atoms with E-state index in [2.05, 4.69) is 89.5 Å². The zero-order valence-electron chi connectivity index (χ0n) is 21.3. The van der Waals surface area contributed by atoms with Gasteiger partial charge in [0.1, 0.15) is 0 Å². The molecule has 1 heterocycles. The minimum Gasteiger partial charge on any atom is -0.309 e. The summed E-state index contributed by atoms with van der Waals surface area (Å²) < 4.78 is 17.1. The lowest BCUT2D eigenvalue weighted by atomic mass is 10.1. The van der Waals surface area contributed by atoms with Crippen molar-refractivity contribution >= 4 is 44.9 Å². The molecule has 0 saturated carbocycles. The van der Waals surface area contributed by atoms with Crippen molar-refractivity contribution in [3.63, 3.8) is 0 Å². The Kier molecular flexibility index (Phi) is 5.77. The molecule has 186 valence electrons. The van der Waals surface area contributed by atoms with Gasteiger partial charge in [0.25, 0.3) is 0 Å². The Labute approximate surface area is 228 Å². The fourth-order valence-corrected chi connectivity index (χ4v) is 8.26. The Balaban J connectivity index is 1.33. The standard InChI is InChI=1S/C36H26NOP/c38-39(30-14-3-1-4-15-30,31-16-5-2-6-17-31)32-24-22-27(23-25-32)28-12-11-13-29(26-28)37-35-20-9-7-18-33(35)34-19-8-10-21-36(34)37/h1-26H. The van der Waals surface area contributed by atoms with Crippen molar-refractivity contribution in [3.8, 4) is 16.8 Å². The number of fused-ring (bicyclic) bond motifs is 3. The molecule has 3 heteroatoms. The van der Waals surface area contributed by atoms with E-state index in [1.165, 1.54) is 21.8 Å². The molecule has 2 nitrogen and oxygen atoms in total. The molecule has 0 amide bonds. The highest BCUT2D eigenvalue weighted by Gasteiger charge is 2.29. The van der Waals surface area contributed by atoms with Crippen LogP contribution in [0.3, 0.4) is 0 Å². The SMILES string of the molecule is O=P(c1ccccc1)(c1ccccc1)c1ccc(-c2cccc(-n3c4ccccc4c4ccccc43)c2)cc1. The van der Waals surface area contributed by atoms with Crippen molar-refractivity contribution < 1.29 is 4.57 Å². The van der Waals surface area contributed by atoms with Crippen LogP contribution in [0.15, 0.2) is 158 Å². The van der Waals surface area contributed by atoms with Gasteiger partial charge in [-0.25, -0.2) is 0 Å². The topological polar surface area (TPSA) is 22.0 Å². The fraction of sp³-hybridized carbons (Fsp3) is 0. The molecule has 1 aromatic heterocycles. The van der Waals surface area contributed by atoms with Crippen molar-refractivity contribution in [1.82, 2.24) is 4.57 Å².